The van der Waals surface area contributed by atoms with E-state index in [0.29, 0.717) is 5.92 Å². The topological polar surface area (TPSA) is 26.0 Å². The fraction of sp³-hybridized carbons (Fsp3) is 0.308. The molecule has 0 amide bonds. The van der Waals surface area contributed by atoms with Crippen LogP contribution in [0.2, 0.25) is 0 Å². The van der Waals surface area contributed by atoms with Crippen molar-refractivity contribution in [3.63, 3.8) is 0 Å². The summed E-state index contributed by atoms with van der Waals surface area (Å²) in [5.41, 5.74) is 2.03. The molecule has 2 rings (SSSR count). The lowest BCUT2D eigenvalue weighted by atomic mass is 10.0. The Morgan fingerprint density at radius 3 is 2.56 bits per heavy atom. The first-order valence-corrected chi connectivity index (χ1v) is 6.11. The lowest BCUT2D eigenvalue weighted by Gasteiger charge is -2.05. The van der Waals surface area contributed by atoms with Crippen LogP contribution in [-0.4, -0.2) is 4.98 Å². The van der Waals surface area contributed by atoms with E-state index in [0.717, 1.165) is 27.4 Å². The molecule has 0 fully saturated rings. The van der Waals surface area contributed by atoms with E-state index in [1.807, 2.05) is 31.2 Å². The van der Waals surface area contributed by atoms with E-state index in [2.05, 4.69) is 34.8 Å². The number of hydrogen-bond donors (Lipinski definition) is 0. The van der Waals surface area contributed by atoms with Gasteiger partial charge in [0, 0.05) is 22.9 Å². The number of rotatable bonds is 2. The van der Waals surface area contributed by atoms with Gasteiger partial charge in [-0.25, -0.2) is 4.98 Å². The zero-order valence-corrected chi connectivity index (χ0v) is 11.2. The number of oxazole rings is 1. The highest BCUT2D eigenvalue weighted by atomic mass is 79.9. The van der Waals surface area contributed by atoms with Crippen molar-refractivity contribution in [3.8, 4) is 11.3 Å². The SMILES string of the molecule is Cc1nc(-c2ccccc2Br)c(C(C)C)o1. The van der Waals surface area contributed by atoms with Crippen LogP contribution in [0.15, 0.2) is 33.2 Å². The molecule has 2 nitrogen and oxygen atoms in total. The van der Waals surface area contributed by atoms with Gasteiger partial charge in [-0.3, -0.25) is 0 Å². The molecule has 3 heteroatoms. The average Bonchev–Trinajstić information content (AvgIpc) is 2.61. The molecule has 0 aliphatic rings. The molecule has 1 aromatic heterocycles. The van der Waals surface area contributed by atoms with Gasteiger partial charge in [-0.05, 0) is 6.07 Å². The van der Waals surface area contributed by atoms with Crippen molar-refractivity contribution in [1.29, 1.82) is 0 Å². The summed E-state index contributed by atoms with van der Waals surface area (Å²) in [5, 5.41) is 0. The Morgan fingerprint density at radius 1 is 1.25 bits per heavy atom. The third kappa shape index (κ3) is 2.05. The second kappa shape index (κ2) is 4.42. The van der Waals surface area contributed by atoms with Crippen LogP contribution in [0.4, 0.5) is 0 Å². The molecule has 1 aromatic carbocycles. The highest BCUT2D eigenvalue weighted by Gasteiger charge is 2.17. The smallest absolute Gasteiger partial charge is 0.191 e. The maximum Gasteiger partial charge on any atom is 0.191 e. The summed E-state index contributed by atoms with van der Waals surface area (Å²) in [6.45, 7) is 6.10. The minimum Gasteiger partial charge on any atom is -0.445 e. The van der Waals surface area contributed by atoms with E-state index in [9.17, 15) is 0 Å². The van der Waals surface area contributed by atoms with Crippen molar-refractivity contribution in [2.24, 2.45) is 0 Å². The number of aromatic nitrogens is 1. The summed E-state index contributed by atoms with van der Waals surface area (Å²) >= 11 is 3.54. The van der Waals surface area contributed by atoms with Crippen molar-refractivity contribution in [2.75, 3.05) is 0 Å². The van der Waals surface area contributed by atoms with E-state index in [1.165, 1.54) is 0 Å². The Bertz CT molecular complexity index is 502. The molecular weight excluding hydrogens is 266 g/mol. The van der Waals surface area contributed by atoms with Gasteiger partial charge in [0.2, 0.25) is 0 Å². The second-order valence-electron chi connectivity index (χ2n) is 4.08. The Morgan fingerprint density at radius 2 is 1.94 bits per heavy atom. The maximum atomic E-state index is 5.65. The zero-order valence-electron chi connectivity index (χ0n) is 9.62. The number of benzene rings is 1. The highest BCUT2D eigenvalue weighted by molar-refractivity contribution is 9.10. The largest absolute Gasteiger partial charge is 0.445 e. The highest BCUT2D eigenvalue weighted by Crippen LogP contribution is 2.33. The van der Waals surface area contributed by atoms with Crippen molar-refractivity contribution in [3.05, 3.63) is 40.4 Å². The standard InChI is InChI=1S/C13H14BrNO/c1-8(2)13-12(15-9(3)16-13)10-6-4-5-7-11(10)14/h4-8H,1-3H3. The summed E-state index contributed by atoms with van der Waals surface area (Å²) in [6, 6.07) is 8.07. The van der Waals surface area contributed by atoms with E-state index in [4.69, 9.17) is 4.42 Å². The van der Waals surface area contributed by atoms with Crippen LogP contribution in [0.5, 0.6) is 0 Å². The molecule has 0 N–H and O–H groups in total. The van der Waals surface area contributed by atoms with Crippen LogP contribution in [0.3, 0.4) is 0 Å². The molecule has 0 radical (unpaired) electrons. The Labute approximate surface area is 104 Å². The van der Waals surface area contributed by atoms with Gasteiger partial charge in [0.1, 0.15) is 11.5 Å². The normalized spacial score (nSPS) is 11.1. The van der Waals surface area contributed by atoms with Crippen molar-refractivity contribution in [2.45, 2.75) is 26.7 Å². The molecular formula is C13H14BrNO. The number of hydrogen-bond acceptors (Lipinski definition) is 2. The Balaban J connectivity index is 2.60. The predicted molar refractivity (Wildman–Crippen MR) is 68.5 cm³/mol. The monoisotopic (exact) mass is 279 g/mol. The fourth-order valence-corrected chi connectivity index (χ4v) is 2.15. The molecule has 16 heavy (non-hydrogen) atoms. The number of nitrogens with zero attached hydrogens (tertiary/aromatic N) is 1. The minimum atomic E-state index is 0.336. The minimum absolute atomic E-state index is 0.336. The first-order chi connectivity index (χ1) is 7.59. The van der Waals surface area contributed by atoms with Gasteiger partial charge in [0.05, 0.1) is 0 Å². The summed E-state index contributed by atoms with van der Waals surface area (Å²) in [6.07, 6.45) is 0. The summed E-state index contributed by atoms with van der Waals surface area (Å²) in [7, 11) is 0. The van der Waals surface area contributed by atoms with Crippen molar-refractivity contribution in [1.82, 2.24) is 4.98 Å². The maximum absolute atomic E-state index is 5.65. The van der Waals surface area contributed by atoms with Gasteiger partial charge in [-0.1, -0.05) is 48.0 Å². The first-order valence-electron chi connectivity index (χ1n) is 5.32. The molecule has 84 valence electrons. The molecule has 0 bridgehead atoms. The quantitative estimate of drug-likeness (QED) is 0.807. The Hall–Kier alpha value is -1.09. The van der Waals surface area contributed by atoms with E-state index in [-0.39, 0.29) is 0 Å². The molecule has 0 saturated heterocycles. The third-order valence-corrected chi connectivity index (χ3v) is 3.11. The summed E-state index contributed by atoms with van der Waals surface area (Å²) < 4.78 is 6.70. The molecule has 0 spiro atoms. The number of halogens is 1. The van der Waals surface area contributed by atoms with Gasteiger partial charge in [-0.15, -0.1) is 0 Å². The fourth-order valence-electron chi connectivity index (χ4n) is 1.68. The summed E-state index contributed by atoms with van der Waals surface area (Å²) in [4.78, 5) is 4.47. The van der Waals surface area contributed by atoms with Crippen LogP contribution < -0.4 is 0 Å². The zero-order chi connectivity index (χ0) is 11.7. The van der Waals surface area contributed by atoms with Crippen LogP contribution in [0.1, 0.15) is 31.4 Å². The average molecular weight is 280 g/mol. The lowest BCUT2D eigenvalue weighted by molar-refractivity contribution is 0.457. The van der Waals surface area contributed by atoms with Crippen molar-refractivity contribution >= 4 is 15.9 Å². The van der Waals surface area contributed by atoms with Gasteiger partial charge in [0.25, 0.3) is 0 Å². The van der Waals surface area contributed by atoms with Crippen LogP contribution in [-0.2, 0) is 0 Å². The van der Waals surface area contributed by atoms with Gasteiger partial charge in [0.15, 0.2) is 5.89 Å². The van der Waals surface area contributed by atoms with Crippen LogP contribution in [0, 0.1) is 6.92 Å². The third-order valence-electron chi connectivity index (χ3n) is 2.41. The van der Waals surface area contributed by atoms with Gasteiger partial charge >= 0.3 is 0 Å². The van der Waals surface area contributed by atoms with Gasteiger partial charge in [-0.2, -0.15) is 0 Å². The predicted octanol–water partition coefficient (Wildman–Crippen LogP) is 4.54. The van der Waals surface area contributed by atoms with E-state index < -0.39 is 0 Å². The van der Waals surface area contributed by atoms with Gasteiger partial charge < -0.3 is 4.42 Å². The van der Waals surface area contributed by atoms with E-state index in [1.54, 1.807) is 0 Å². The Kier molecular flexibility index (Phi) is 3.15. The first kappa shape index (κ1) is 11.4. The lowest BCUT2D eigenvalue weighted by Crippen LogP contribution is -1.89. The molecule has 0 aliphatic heterocycles. The van der Waals surface area contributed by atoms with E-state index >= 15 is 0 Å². The second-order valence-corrected chi connectivity index (χ2v) is 4.93. The molecule has 0 aliphatic carbocycles. The van der Waals surface area contributed by atoms with Crippen LogP contribution in [0.25, 0.3) is 11.3 Å². The molecule has 0 saturated carbocycles. The molecule has 0 atom stereocenters. The molecule has 0 unspecified atom stereocenters. The van der Waals surface area contributed by atoms with Crippen molar-refractivity contribution < 1.29 is 4.42 Å². The molecule has 2 aromatic rings. The molecule has 1 heterocycles. The number of aryl methyl sites for hydroxylation is 1. The summed E-state index contributed by atoms with van der Waals surface area (Å²) in [5.74, 6) is 2.00. The van der Waals surface area contributed by atoms with Crippen LogP contribution >= 0.6 is 15.9 Å².